The SMILES string of the molecule is CC(=O)N[C@H]1[C@H]([C@H](O)[C@H](O)CO)O[C@@](O[C@H]2[C@@H](O)[C@@H](CO)O[C@@H](O[C@@H]([C@H](O[C@@H]3O[C@@H](C)[C@@H](O)[C@@H](O)[C@@H]3O)[C@H](O)CO)[C@H](CO)NC(C)=O)[C@@H]2O)(C(=O)O)C[C@@H]1O. The molecule has 3 fully saturated rings. The van der Waals surface area contributed by atoms with Crippen LogP contribution in [0.15, 0.2) is 0 Å². The fourth-order valence-electron chi connectivity index (χ4n) is 6.59. The van der Waals surface area contributed by atoms with E-state index in [1.807, 2.05) is 0 Å². The smallest absolute Gasteiger partial charge is 0.364 e. The van der Waals surface area contributed by atoms with E-state index in [0.717, 1.165) is 13.8 Å². The first-order chi connectivity index (χ1) is 26.2. The second-order valence-corrected chi connectivity index (χ2v) is 13.8. The van der Waals surface area contributed by atoms with Gasteiger partial charge in [-0.15, -0.1) is 0 Å². The zero-order valence-corrected chi connectivity index (χ0v) is 30.4. The Morgan fingerprint density at radius 2 is 1.36 bits per heavy atom. The Balaban J connectivity index is 2.07. The standard InChI is InChI=1S/C31H54N2O23/c1-9-18(43)21(46)22(47)28(51-9)54-25(15(42)7-36)24(12(5-34)32-10(2)38)53-29-23(48)27(20(45)16(8-37)52-29)56-31(30(49)50)4-13(40)17(33-11(3)39)26(55-31)19(44)14(41)6-35/h9,12-29,34-37,40-48H,4-8H2,1-3H3,(H,32,38)(H,33,39)(H,49,50)/t9-,12-,13-,14+,15+,16+,17+,18+,19+,20-,21+,22-,23+,24+,25+,26+,27-,28-,29-,31-/m0/s1. The van der Waals surface area contributed by atoms with Crippen molar-refractivity contribution in [2.45, 2.75) is 149 Å². The summed E-state index contributed by atoms with van der Waals surface area (Å²) < 4.78 is 33.8. The molecule has 0 saturated carbocycles. The summed E-state index contributed by atoms with van der Waals surface area (Å²) in [5.41, 5.74) is 0. The summed E-state index contributed by atoms with van der Waals surface area (Å²) in [5.74, 6) is -6.81. The van der Waals surface area contributed by atoms with E-state index in [0.29, 0.717) is 0 Å². The van der Waals surface area contributed by atoms with Crippen LogP contribution in [0.25, 0.3) is 0 Å². The van der Waals surface area contributed by atoms with Crippen molar-refractivity contribution in [3.8, 4) is 0 Å². The molecule has 20 atom stereocenters. The second-order valence-electron chi connectivity index (χ2n) is 13.8. The zero-order valence-electron chi connectivity index (χ0n) is 30.4. The van der Waals surface area contributed by atoms with Crippen molar-refractivity contribution in [3.63, 3.8) is 0 Å². The summed E-state index contributed by atoms with van der Waals surface area (Å²) in [5, 5.41) is 151. The fourth-order valence-corrected chi connectivity index (χ4v) is 6.59. The van der Waals surface area contributed by atoms with E-state index >= 15 is 0 Å². The molecule has 326 valence electrons. The number of carbonyl (C=O) groups excluding carboxylic acids is 2. The minimum Gasteiger partial charge on any atom is -0.477 e. The van der Waals surface area contributed by atoms with Gasteiger partial charge in [0.15, 0.2) is 12.6 Å². The molecule has 0 unspecified atom stereocenters. The van der Waals surface area contributed by atoms with Gasteiger partial charge >= 0.3 is 5.97 Å². The number of hydrogen-bond donors (Lipinski definition) is 16. The highest BCUT2D eigenvalue weighted by molar-refractivity contribution is 5.76. The molecular weight excluding hydrogens is 768 g/mol. The molecule has 16 N–H and O–H groups in total. The first kappa shape index (κ1) is 48.0. The van der Waals surface area contributed by atoms with Gasteiger partial charge in [0, 0.05) is 20.3 Å². The first-order valence-corrected chi connectivity index (χ1v) is 17.5. The maximum atomic E-state index is 12.8. The highest BCUT2D eigenvalue weighted by Gasteiger charge is 2.60. The molecule has 0 aliphatic carbocycles. The Morgan fingerprint density at radius 1 is 0.768 bits per heavy atom. The Hall–Kier alpha value is -2.35. The number of carboxylic acids is 1. The number of aliphatic hydroxyl groups is 13. The van der Waals surface area contributed by atoms with Crippen molar-refractivity contribution in [2.75, 3.05) is 26.4 Å². The molecule has 0 aromatic carbocycles. The van der Waals surface area contributed by atoms with Crippen LogP contribution in [0.2, 0.25) is 0 Å². The largest absolute Gasteiger partial charge is 0.477 e. The van der Waals surface area contributed by atoms with Crippen LogP contribution in [-0.4, -0.2) is 238 Å². The van der Waals surface area contributed by atoms with Crippen molar-refractivity contribution in [2.24, 2.45) is 0 Å². The molecule has 3 heterocycles. The van der Waals surface area contributed by atoms with Gasteiger partial charge < -0.3 is 111 Å². The van der Waals surface area contributed by atoms with E-state index in [2.05, 4.69) is 10.6 Å². The lowest BCUT2D eigenvalue weighted by Gasteiger charge is -2.50. The highest BCUT2D eigenvalue weighted by Crippen LogP contribution is 2.38. The molecule has 3 rings (SSSR count). The minimum atomic E-state index is -3.15. The summed E-state index contributed by atoms with van der Waals surface area (Å²) in [6.07, 6.45) is -34.8. The van der Waals surface area contributed by atoms with Crippen LogP contribution in [-0.2, 0) is 42.8 Å². The molecule has 56 heavy (non-hydrogen) atoms. The van der Waals surface area contributed by atoms with E-state index in [4.69, 9.17) is 28.4 Å². The number of rotatable bonds is 18. The molecule has 0 aromatic heterocycles. The van der Waals surface area contributed by atoms with Crippen molar-refractivity contribution < 1.29 is 114 Å². The molecule has 25 nitrogen and oxygen atoms in total. The Morgan fingerprint density at radius 3 is 1.88 bits per heavy atom. The van der Waals surface area contributed by atoms with Crippen LogP contribution in [0.5, 0.6) is 0 Å². The van der Waals surface area contributed by atoms with Crippen molar-refractivity contribution >= 4 is 17.8 Å². The van der Waals surface area contributed by atoms with Crippen LogP contribution < -0.4 is 10.6 Å². The topological polar surface area (TPSA) is 414 Å². The summed E-state index contributed by atoms with van der Waals surface area (Å²) in [4.78, 5) is 36.9. The van der Waals surface area contributed by atoms with Gasteiger partial charge in [-0.3, -0.25) is 9.59 Å². The number of hydrogen-bond acceptors (Lipinski definition) is 22. The Labute approximate surface area is 318 Å². The second kappa shape index (κ2) is 20.6. The Bertz CT molecular complexity index is 1290. The monoisotopic (exact) mass is 822 g/mol. The predicted molar refractivity (Wildman–Crippen MR) is 175 cm³/mol. The van der Waals surface area contributed by atoms with Crippen molar-refractivity contribution in [3.05, 3.63) is 0 Å². The molecule has 0 spiro atoms. The van der Waals surface area contributed by atoms with Crippen molar-refractivity contribution in [1.82, 2.24) is 10.6 Å². The average molecular weight is 823 g/mol. The molecule has 0 aromatic rings. The number of aliphatic carboxylic acids is 1. The third kappa shape index (κ3) is 10.8. The fraction of sp³-hybridized carbons (Fsp3) is 0.903. The lowest BCUT2D eigenvalue weighted by atomic mass is 9.88. The van der Waals surface area contributed by atoms with Crippen LogP contribution in [0.1, 0.15) is 27.2 Å². The maximum Gasteiger partial charge on any atom is 0.364 e. The van der Waals surface area contributed by atoms with Gasteiger partial charge in [0.25, 0.3) is 5.79 Å². The summed E-state index contributed by atoms with van der Waals surface area (Å²) in [6, 6.07) is -3.28. The van der Waals surface area contributed by atoms with Crippen LogP contribution >= 0.6 is 0 Å². The lowest BCUT2D eigenvalue weighted by Crippen LogP contribution is -2.70. The van der Waals surface area contributed by atoms with Gasteiger partial charge in [0.1, 0.15) is 79.4 Å². The number of carboxylic acid groups (broad SMARTS) is 1. The molecule has 0 radical (unpaired) electrons. The van der Waals surface area contributed by atoms with E-state index < -0.39 is 173 Å². The molecule has 2 amide bonds. The zero-order chi connectivity index (χ0) is 42.4. The molecule has 0 bridgehead atoms. The summed E-state index contributed by atoms with van der Waals surface area (Å²) >= 11 is 0. The van der Waals surface area contributed by atoms with Gasteiger partial charge in [0.05, 0.1) is 50.7 Å². The molecule has 3 aliphatic rings. The normalized spacial score (nSPS) is 39.8. The van der Waals surface area contributed by atoms with Gasteiger partial charge in [-0.1, -0.05) is 0 Å². The summed E-state index contributed by atoms with van der Waals surface area (Å²) in [7, 11) is 0. The van der Waals surface area contributed by atoms with E-state index in [-0.39, 0.29) is 0 Å². The highest BCUT2D eigenvalue weighted by atomic mass is 16.8. The maximum absolute atomic E-state index is 12.8. The Kier molecular flexibility index (Phi) is 17.6. The van der Waals surface area contributed by atoms with E-state index in [1.54, 1.807) is 0 Å². The van der Waals surface area contributed by atoms with E-state index in [1.165, 1.54) is 6.92 Å². The third-order valence-corrected chi connectivity index (χ3v) is 9.60. The molecule has 3 saturated heterocycles. The molecule has 25 heteroatoms. The molecule has 3 aliphatic heterocycles. The average Bonchev–Trinajstić information content (AvgIpc) is 3.15. The van der Waals surface area contributed by atoms with Crippen LogP contribution in [0, 0.1) is 0 Å². The first-order valence-electron chi connectivity index (χ1n) is 17.5. The van der Waals surface area contributed by atoms with Crippen LogP contribution in [0.3, 0.4) is 0 Å². The number of nitrogens with one attached hydrogen (secondary N) is 2. The number of aliphatic hydroxyl groups excluding tert-OH is 13. The van der Waals surface area contributed by atoms with Gasteiger partial charge in [-0.25, -0.2) is 4.79 Å². The third-order valence-electron chi connectivity index (χ3n) is 9.60. The quantitative estimate of drug-likeness (QED) is 0.0610. The number of ether oxygens (including phenoxy) is 6. The van der Waals surface area contributed by atoms with E-state index in [9.17, 15) is 85.9 Å². The van der Waals surface area contributed by atoms with Crippen LogP contribution in [0.4, 0.5) is 0 Å². The summed E-state index contributed by atoms with van der Waals surface area (Å²) in [6.45, 7) is -1.06. The van der Waals surface area contributed by atoms with Gasteiger partial charge in [-0.05, 0) is 6.92 Å². The van der Waals surface area contributed by atoms with Gasteiger partial charge in [0.2, 0.25) is 11.8 Å². The van der Waals surface area contributed by atoms with Crippen molar-refractivity contribution in [1.29, 1.82) is 0 Å². The minimum absolute atomic E-state index is 0.797. The lowest BCUT2D eigenvalue weighted by molar-refractivity contribution is -0.379. The number of carbonyl (C=O) groups is 3. The van der Waals surface area contributed by atoms with Gasteiger partial charge in [-0.2, -0.15) is 0 Å². The number of amides is 2. The predicted octanol–water partition coefficient (Wildman–Crippen LogP) is -9.59. The molecular formula is C31H54N2O23.